The van der Waals surface area contributed by atoms with Gasteiger partial charge >= 0.3 is 0 Å². The molecule has 82 valence electrons. The number of fused-ring (bicyclic) bond motifs is 1. The van der Waals surface area contributed by atoms with Gasteiger partial charge in [-0.2, -0.15) is 5.10 Å². The van der Waals surface area contributed by atoms with E-state index < -0.39 is 0 Å². The minimum atomic E-state index is -0.290. The minimum Gasteiger partial charge on any atom is -0.381 e. The van der Waals surface area contributed by atoms with Crippen molar-refractivity contribution in [2.24, 2.45) is 18.9 Å². The Bertz CT molecular complexity index is 399. The molecule has 0 amide bonds. The Kier molecular flexibility index (Phi) is 1.82. The fraction of sp³-hybridized carbons (Fsp3) is 0.727. The van der Waals surface area contributed by atoms with E-state index in [2.05, 4.69) is 5.10 Å². The van der Waals surface area contributed by atoms with Gasteiger partial charge in [-0.1, -0.05) is 0 Å². The van der Waals surface area contributed by atoms with Crippen LogP contribution in [0.5, 0.6) is 0 Å². The van der Waals surface area contributed by atoms with E-state index in [0.29, 0.717) is 11.6 Å². The van der Waals surface area contributed by atoms with Crippen LogP contribution in [0.15, 0.2) is 0 Å². The Morgan fingerprint density at radius 1 is 1.33 bits per heavy atom. The average Bonchev–Trinajstić information content (AvgIpc) is 2.96. The topological polar surface area (TPSA) is 43.8 Å². The van der Waals surface area contributed by atoms with Gasteiger partial charge in [0.1, 0.15) is 5.69 Å². The molecule has 1 aromatic heterocycles. The molecule has 0 spiro atoms. The van der Waals surface area contributed by atoms with Crippen molar-refractivity contribution in [2.75, 3.05) is 5.73 Å². The number of aryl methyl sites for hydroxylation is 1. The molecule has 0 aliphatic heterocycles. The molecule has 1 unspecified atom stereocenters. The van der Waals surface area contributed by atoms with Gasteiger partial charge in [0.25, 0.3) is 0 Å². The Balaban J connectivity index is 1.88. The van der Waals surface area contributed by atoms with E-state index in [1.54, 1.807) is 7.05 Å². The largest absolute Gasteiger partial charge is 0.381 e. The maximum atomic E-state index is 13.7. The monoisotopic (exact) mass is 209 g/mol. The van der Waals surface area contributed by atoms with Crippen LogP contribution < -0.4 is 5.73 Å². The Hall–Kier alpha value is -1.06. The molecule has 2 N–H and O–H groups in total. The number of hydrogen-bond donors (Lipinski definition) is 1. The molecular formula is C11H16FN3. The summed E-state index contributed by atoms with van der Waals surface area (Å²) >= 11 is 0. The third kappa shape index (κ3) is 1.34. The van der Waals surface area contributed by atoms with Gasteiger partial charge in [-0.3, -0.25) is 4.68 Å². The molecule has 1 heterocycles. The molecule has 2 aliphatic rings. The number of anilines is 1. The standard InChI is InChI=1S/C11H16FN3/c1-15-11(13)9(12)10(14-15)7-3-2-6-4-8(6)5-7/h6-8H,2-5,13H2,1H3/t6-,7?,8-/m1/s1. The van der Waals surface area contributed by atoms with Crippen molar-refractivity contribution in [3.63, 3.8) is 0 Å². The Morgan fingerprint density at radius 2 is 2.13 bits per heavy atom. The molecule has 2 saturated carbocycles. The summed E-state index contributed by atoms with van der Waals surface area (Å²) in [5, 5.41) is 4.20. The molecule has 3 rings (SSSR count). The summed E-state index contributed by atoms with van der Waals surface area (Å²) < 4.78 is 15.2. The average molecular weight is 209 g/mol. The summed E-state index contributed by atoms with van der Waals surface area (Å²) in [5.41, 5.74) is 6.18. The van der Waals surface area contributed by atoms with Gasteiger partial charge in [-0.25, -0.2) is 4.39 Å². The maximum Gasteiger partial charge on any atom is 0.188 e. The summed E-state index contributed by atoms with van der Waals surface area (Å²) in [6.07, 6.45) is 4.78. The Labute approximate surface area is 88.5 Å². The molecule has 3 nitrogen and oxygen atoms in total. The zero-order valence-electron chi connectivity index (χ0n) is 8.91. The minimum absolute atomic E-state index is 0.169. The highest BCUT2D eigenvalue weighted by molar-refractivity contribution is 5.35. The van der Waals surface area contributed by atoms with Gasteiger partial charge in [0.05, 0.1) is 0 Å². The van der Waals surface area contributed by atoms with Crippen molar-refractivity contribution in [2.45, 2.75) is 31.6 Å². The highest BCUT2D eigenvalue weighted by atomic mass is 19.1. The van der Waals surface area contributed by atoms with Crippen molar-refractivity contribution in [3.05, 3.63) is 11.5 Å². The molecule has 2 aliphatic carbocycles. The van der Waals surface area contributed by atoms with Gasteiger partial charge in [-0.05, 0) is 37.5 Å². The SMILES string of the molecule is Cn1nc(C2CC[C@@H]3C[C@@H]3C2)c(F)c1N. The van der Waals surface area contributed by atoms with Crippen LogP contribution in [0.4, 0.5) is 10.2 Å². The molecule has 4 heteroatoms. The van der Waals surface area contributed by atoms with E-state index in [-0.39, 0.29) is 11.6 Å². The van der Waals surface area contributed by atoms with E-state index in [1.807, 2.05) is 0 Å². The first kappa shape index (κ1) is 9.19. The van der Waals surface area contributed by atoms with Crippen LogP contribution in [0.25, 0.3) is 0 Å². The lowest BCUT2D eigenvalue weighted by molar-refractivity contribution is 0.404. The van der Waals surface area contributed by atoms with Crippen molar-refractivity contribution in [3.8, 4) is 0 Å². The summed E-state index contributed by atoms with van der Waals surface area (Å²) in [6.45, 7) is 0. The van der Waals surface area contributed by atoms with Gasteiger partial charge in [-0.15, -0.1) is 0 Å². The molecule has 2 fully saturated rings. The second-order valence-electron chi connectivity index (χ2n) is 4.97. The van der Waals surface area contributed by atoms with Gasteiger partial charge < -0.3 is 5.73 Å². The first-order valence-corrected chi connectivity index (χ1v) is 5.64. The molecular weight excluding hydrogens is 193 g/mol. The molecule has 0 saturated heterocycles. The van der Waals surface area contributed by atoms with Gasteiger partial charge in [0.2, 0.25) is 0 Å². The van der Waals surface area contributed by atoms with Crippen LogP contribution in [-0.4, -0.2) is 9.78 Å². The molecule has 0 bridgehead atoms. The quantitative estimate of drug-likeness (QED) is 0.769. The van der Waals surface area contributed by atoms with Crippen LogP contribution >= 0.6 is 0 Å². The normalized spacial score (nSPS) is 33.9. The lowest BCUT2D eigenvalue weighted by atomic mass is 9.87. The lowest BCUT2D eigenvalue weighted by Crippen LogP contribution is -2.09. The summed E-state index contributed by atoms with van der Waals surface area (Å²) in [7, 11) is 1.70. The molecule has 3 atom stereocenters. The predicted octanol–water partition coefficient (Wildman–Crippen LogP) is 2.04. The second kappa shape index (κ2) is 2.97. The van der Waals surface area contributed by atoms with Crippen LogP contribution in [0.2, 0.25) is 0 Å². The first-order valence-electron chi connectivity index (χ1n) is 5.64. The number of rotatable bonds is 1. The van der Waals surface area contributed by atoms with Gasteiger partial charge in [0, 0.05) is 13.0 Å². The molecule has 0 radical (unpaired) electrons. The van der Waals surface area contributed by atoms with Crippen molar-refractivity contribution in [1.29, 1.82) is 0 Å². The first-order chi connectivity index (χ1) is 7.16. The number of halogens is 1. The van der Waals surface area contributed by atoms with E-state index >= 15 is 0 Å². The molecule has 1 aromatic rings. The zero-order valence-corrected chi connectivity index (χ0v) is 8.91. The third-order valence-corrected chi connectivity index (χ3v) is 3.99. The third-order valence-electron chi connectivity index (χ3n) is 3.99. The number of nitrogen functional groups attached to an aromatic ring is 1. The van der Waals surface area contributed by atoms with Crippen molar-refractivity contribution in [1.82, 2.24) is 9.78 Å². The van der Waals surface area contributed by atoms with Crippen LogP contribution in [0.1, 0.15) is 37.3 Å². The fourth-order valence-electron chi connectivity index (χ4n) is 2.89. The summed E-state index contributed by atoms with van der Waals surface area (Å²) in [4.78, 5) is 0. The van der Waals surface area contributed by atoms with E-state index in [9.17, 15) is 4.39 Å². The lowest BCUT2D eigenvalue weighted by Gasteiger charge is -2.18. The van der Waals surface area contributed by atoms with Gasteiger partial charge in [0.15, 0.2) is 11.6 Å². The number of hydrogen-bond acceptors (Lipinski definition) is 2. The van der Waals surface area contributed by atoms with Crippen LogP contribution in [0.3, 0.4) is 0 Å². The van der Waals surface area contributed by atoms with E-state index in [4.69, 9.17) is 5.73 Å². The van der Waals surface area contributed by atoms with Crippen LogP contribution in [0, 0.1) is 17.7 Å². The maximum absolute atomic E-state index is 13.7. The number of nitrogens with zero attached hydrogens (tertiary/aromatic N) is 2. The number of nitrogens with two attached hydrogens (primary N) is 1. The molecule has 15 heavy (non-hydrogen) atoms. The Morgan fingerprint density at radius 3 is 2.73 bits per heavy atom. The van der Waals surface area contributed by atoms with E-state index in [0.717, 1.165) is 24.7 Å². The van der Waals surface area contributed by atoms with Crippen molar-refractivity contribution < 1.29 is 4.39 Å². The molecule has 0 aromatic carbocycles. The second-order valence-corrected chi connectivity index (χ2v) is 4.97. The fourth-order valence-corrected chi connectivity index (χ4v) is 2.89. The summed E-state index contributed by atoms with van der Waals surface area (Å²) in [6, 6.07) is 0. The zero-order chi connectivity index (χ0) is 10.6. The number of aromatic nitrogens is 2. The summed E-state index contributed by atoms with van der Waals surface area (Å²) in [5.74, 6) is 1.96. The predicted molar refractivity (Wildman–Crippen MR) is 55.8 cm³/mol. The highest BCUT2D eigenvalue weighted by Crippen LogP contribution is 2.54. The smallest absolute Gasteiger partial charge is 0.188 e. The van der Waals surface area contributed by atoms with Crippen molar-refractivity contribution >= 4 is 5.82 Å². The van der Waals surface area contributed by atoms with Crippen LogP contribution in [-0.2, 0) is 7.05 Å². The highest BCUT2D eigenvalue weighted by Gasteiger charge is 2.43. The van der Waals surface area contributed by atoms with E-state index in [1.165, 1.54) is 17.5 Å².